The summed E-state index contributed by atoms with van der Waals surface area (Å²) in [5.74, 6) is 0.198. The van der Waals surface area contributed by atoms with E-state index in [9.17, 15) is 13.2 Å². The van der Waals surface area contributed by atoms with Gasteiger partial charge in [0.05, 0.1) is 23.4 Å². The second-order valence-corrected chi connectivity index (χ2v) is 6.86. The summed E-state index contributed by atoms with van der Waals surface area (Å²) in [7, 11) is 1.60. The number of nitrogens with one attached hydrogen (secondary N) is 1. The van der Waals surface area contributed by atoms with Crippen LogP contribution in [0.4, 0.5) is 13.2 Å². The van der Waals surface area contributed by atoms with E-state index >= 15 is 0 Å². The third kappa shape index (κ3) is 2.88. The normalized spacial score (nSPS) is 13.6. The maximum Gasteiger partial charge on any atom is 0.388 e. The second-order valence-electron chi connectivity index (χ2n) is 6.86. The number of halogens is 3. The molecule has 0 unspecified atom stereocenters. The zero-order chi connectivity index (χ0) is 20.8. The van der Waals surface area contributed by atoms with E-state index < -0.39 is 13.3 Å². The first-order valence-corrected chi connectivity index (χ1v) is 9.31. The first-order chi connectivity index (χ1) is 14.6. The smallest absolute Gasteiger partial charge is 0.388 e. The summed E-state index contributed by atoms with van der Waals surface area (Å²) < 4.78 is 53.4. The number of rotatable bonds is 5. The molecule has 11 heteroatoms. The van der Waals surface area contributed by atoms with Gasteiger partial charge in [-0.3, -0.25) is 4.68 Å². The molecule has 5 rings (SSSR count). The van der Waals surface area contributed by atoms with Gasteiger partial charge in [0, 0.05) is 43.4 Å². The standard InChI is InChI=1S/C19H17F3N6O2/c1-27-9-11(17(26-27)30-19(21)22)13-10-4-2-5-23-16(10)24-15(13)14-12(8-20)25-28-6-3-7-29-18(14)28/h2,4-5,9,19H,3,6-8H2,1H3,(H,23,24). The summed E-state index contributed by atoms with van der Waals surface area (Å²) in [4.78, 5) is 7.52. The quantitative estimate of drug-likeness (QED) is 0.535. The van der Waals surface area contributed by atoms with Crippen LogP contribution in [0, 0.1) is 0 Å². The first kappa shape index (κ1) is 18.5. The van der Waals surface area contributed by atoms with Gasteiger partial charge in [-0.25, -0.2) is 14.1 Å². The molecule has 4 aromatic rings. The van der Waals surface area contributed by atoms with Crippen molar-refractivity contribution in [2.75, 3.05) is 6.61 Å². The fourth-order valence-electron chi connectivity index (χ4n) is 3.82. The molecular weight excluding hydrogens is 401 g/mol. The van der Waals surface area contributed by atoms with Crippen LogP contribution in [0.2, 0.25) is 0 Å². The van der Waals surface area contributed by atoms with Gasteiger partial charge in [-0.15, -0.1) is 5.10 Å². The summed E-state index contributed by atoms with van der Waals surface area (Å²) >= 11 is 0. The Bertz CT molecular complexity index is 1230. The summed E-state index contributed by atoms with van der Waals surface area (Å²) in [6.07, 6.45) is 3.94. The van der Waals surface area contributed by atoms with Crippen molar-refractivity contribution in [3.8, 4) is 34.1 Å². The van der Waals surface area contributed by atoms with Crippen LogP contribution in [-0.4, -0.2) is 42.7 Å². The topological polar surface area (TPSA) is 82.8 Å². The number of aromatic nitrogens is 6. The van der Waals surface area contributed by atoms with Crippen LogP contribution < -0.4 is 9.47 Å². The number of alkyl halides is 3. The molecule has 0 bridgehead atoms. The number of hydrogen-bond acceptors (Lipinski definition) is 5. The maximum atomic E-state index is 13.9. The summed E-state index contributed by atoms with van der Waals surface area (Å²) in [5.41, 5.74) is 2.45. The average molecular weight is 418 g/mol. The van der Waals surface area contributed by atoms with E-state index in [2.05, 4.69) is 24.9 Å². The molecule has 30 heavy (non-hydrogen) atoms. The van der Waals surface area contributed by atoms with Gasteiger partial charge < -0.3 is 14.5 Å². The van der Waals surface area contributed by atoms with Crippen molar-refractivity contribution in [1.29, 1.82) is 0 Å². The SMILES string of the molecule is Cn1cc(-c2c(-c3c(CF)nn4c3OCCC4)[nH]c3ncccc23)c(OC(F)F)n1. The Labute approximate surface area is 168 Å². The van der Waals surface area contributed by atoms with Gasteiger partial charge in [0.1, 0.15) is 18.0 Å². The minimum Gasteiger partial charge on any atom is -0.477 e. The molecular formula is C19H17F3N6O2. The molecule has 0 radical (unpaired) electrons. The number of aryl methyl sites for hydroxylation is 2. The van der Waals surface area contributed by atoms with E-state index in [1.807, 2.05) is 0 Å². The Morgan fingerprint density at radius 2 is 2.17 bits per heavy atom. The number of pyridine rings is 1. The lowest BCUT2D eigenvalue weighted by Crippen LogP contribution is -2.15. The van der Waals surface area contributed by atoms with Crippen molar-refractivity contribution in [3.63, 3.8) is 0 Å². The van der Waals surface area contributed by atoms with Crippen molar-refractivity contribution in [2.45, 2.75) is 26.3 Å². The summed E-state index contributed by atoms with van der Waals surface area (Å²) in [6, 6.07) is 3.52. The molecule has 5 heterocycles. The highest BCUT2D eigenvalue weighted by Crippen LogP contribution is 2.46. The average Bonchev–Trinajstić information content (AvgIpc) is 3.39. The molecule has 0 aromatic carbocycles. The Morgan fingerprint density at radius 1 is 1.30 bits per heavy atom. The number of ether oxygens (including phenoxy) is 2. The first-order valence-electron chi connectivity index (χ1n) is 9.31. The van der Waals surface area contributed by atoms with E-state index in [1.54, 1.807) is 36.3 Å². The van der Waals surface area contributed by atoms with E-state index in [0.717, 1.165) is 6.42 Å². The highest BCUT2D eigenvalue weighted by Gasteiger charge is 2.30. The van der Waals surface area contributed by atoms with Gasteiger partial charge in [0.25, 0.3) is 0 Å². The Morgan fingerprint density at radius 3 is 2.97 bits per heavy atom. The van der Waals surface area contributed by atoms with Crippen molar-refractivity contribution >= 4 is 11.0 Å². The van der Waals surface area contributed by atoms with Crippen molar-refractivity contribution in [2.24, 2.45) is 7.05 Å². The van der Waals surface area contributed by atoms with Crippen LogP contribution in [0.15, 0.2) is 24.5 Å². The zero-order valence-corrected chi connectivity index (χ0v) is 15.9. The predicted octanol–water partition coefficient (Wildman–Crippen LogP) is 3.68. The van der Waals surface area contributed by atoms with Crippen LogP contribution >= 0.6 is 0 Å². The van der Waals surface area contributed by atoms with E-state index in [-0.39, 0.29) is 11.6 Å². The molecule has 0 aliphatic carbocycles. The lowest BCUT2D eigenvalue weighted by Gasteiger charge is -2.16. The molecule has 156 valence electrons. The number of aromatic amines is 1. The zero-order valence-electron chi connectivity index (χ0n) is 15.9. The molecule has 1 N–H and O–H groups in total. The van der Waals surface area contributed by atoms with Crippen LogP contribution in [0.3, 0.4) is 0 Å². The summed E-state index contributed by atoms with van der Waals surface area (Å²) in [5, 5.41) is 9.00. The third-order valence-electron chi connectivity index (χ3n) is 4.94. The molecule has 8 nitrogen and oxygen atoms in total. The molecule has 1 aliphatic rings. The maximum absolute atomic E-state index is 13.9. The van der Waals surface area contributed by atoms with Crippen LogP contribution in [0.1, 0.15) is 12.1 Å². The van der Waals surface area contributed by atoms with E-state index in [0.29, 0.717) is 52.4 Å². The largest absolute Gasteiger partial charge is 0.477 e. The van der Waals surface area contributed by atoms with Gasteiger partial charge >= 0.3 is 6.61 Å². The molecule has 4 aromatic heterocycles. The van der Waals surface area contributed by atoms with Gasteiger partial charge in [-0.05, 0) is 12.1 Å². The second kappa shape index (κ2) is 7.08. The van der Waals surface area contributed by atoms with Gasteiger partial charge in [-0.2, -0.15) is 13.9 Å². The van der Waals surface area contributed by atoms with Crippen molar-refractivity contribution < 1.29 is 22.6 Å². The molecule has 1 aliphatic heterocycles. The summed E-state index contributed by atoms with van der Waals surface area (Å²) in [6.45, 7) is -2.78. The van der Waals surface area contributed by atoms with Crippen molar-refractivity contribution in [1.82, 2.24) is 29.5 Å². The minimum atomic E-state index is -3.04. The molecule has 0 spiro atoms. The predicted molar refractivity (Wildman–Crippen MR) is 101 cm³/mol. The third-order valence-corrected chi connectivity index (χ3v) is 4.94. The fraction of sp³-hybridized carbons (Fsp3) is 0.316. The lowest BCUT2D eigenvalue weighted by atomic mass is 10.0. The number of fused-ring (bicyclic) bond motifs is 2. The van der Waals surface area contributed by atoms with Gasteiger partial charge in [0.15, 0.2) is 0 Å². The monoisotopic (exact) mass is 418 g/mol. The minimum absolute atomic E-state index is 0.194. The van der Waals surface area contributed by atoms with Crippen LogP contribution in [0.5, 0.6) is 11.8 Å². The number of nitrogens with zero attached hydrogens (tertiary/aromatic N) is 5. The molecule has 0 amide bonds. The fourth-order valence-corrected chi connectivity index (χ4v) is 3.82. The number of hydrogen-bond donors (Lipinski definition) is 1. The highest BCUT2D eigenvalue weighted by molar-refractivity contribution is 6.04. The molecule has 0 atom stereocenters. The van der Waals surface area contributed by atoms with E-state index in [1.165, 1.54) is 4.68 Å². The van der Waals surface area contributed by atoms with E-state index in [4.69, 9.17) is 4.74 Å². The Kier molecular flexibility index (Phi) is 4.37. The van der Waals surface area contributed by atoms with Crippen molar-refractivity contribution in [3.05, 3.63) is 30.2 Å². The van der Waals surface area contributed by atoms with Gasteiger partial charge in [-0.1, -0.05) is 0 Å². The molecule has 0 fully saturated rings. The number of H-pyrrole nitrogens is 1. The van der Waals surface area contributed by atoms with Gasteiger partial charge in [0.2, 0.25) is 11.8 Å². The van der Waals surface area contributed by atoms with Crippen LogP contribution in [-0.2, 0) is 20.3 Å². The Balaban J connectivity index is 1.82. The highest BCUT2D eigenvalue weighted by atomic mass is 19.3. The lowest BCUT2D eigenvalue weighted by molar-refractivity contribution is -0.0527. The Hall–Kier alpha value is -3.50. The molecule has 0 saturated heterocycles. The van der Waals surface area contributed by atoms with Crippen LogP contribution in [0.25, 0.3) is 33.4 Å². The molecule has 0 saturated carbocycles.